The van der Waals surface area contributed by atoms with Crippen molar-refractivity contribution in [1.82, 2.24) is 5.32 Å². The molecule has 0 aromatic heterocycles. The Bertz CT molecular complexity index is 201. The molecule has 2 aliphatic heterocycles. The van der Waals surface area contributed by atoms with Crippen LogP contribution in [0.25, 0.3) is 0 Å². The molecule has 1 atom stereocenters. The van der Waals surface area contributed by atoms with E-state index < -0.39 is 0 Å². The quantitative estimate of drug-likeness (QED) is 0.602. The van der Waals surface area contributed by atoms with Crippen molar-refractivity contribution in [2.24, 2.45) is 16.1 Å². The van der Waals surface area contributed by atoms with Crippen molar-refractivity contribution in [3.05, 3.63) is 0 Å². The van der Waals surface area contributed by atoms with Gasteiger partial charge in [0.25, 0.3) is 0 Å². The maximum Gasteiger partial charge on any atom is 0.193 e. The average Bonchev–Trinajstić information content (AvgIpc) is 2.83. The molecule has 0 aromatic carbocycles. The first-order valence-corrected chi connectivity index (χ1v) is 4.55. The first-order chi connectivity index (χ1) is 5.38. The van der Waals surface area contributed by atoms with Crippen molar-refractivity contribution in [2.75, 3.05) is 6.54 Å². The van der Waals surface area contributed by atoms with Crippen molar-refractivity contribution in [2.45, 2.75) is 37.4 Å². The standard InChI is InChI=1S/C8H13N3/c1-2-6(1)7-5-8(10-11-8)3-4-9-7/h6-7,9H,1-5H2. The van der Waals surface area contributed by atoms with Gasteiger partial charge in [0.05, 0.1) is 0 Å². The third kappa shape index (κ3) is 0.984. The number of rotatable bonds is 1. The summed E-state index contributed by atoms with van der Waals surface area (Å²) in [7, 11) is 0. The minimum Gasteiger partial charge on any atom is -0.313 e. The zero-order valence-electron chi connectivity index (χ0n) is 6.58. The molecule has 1 unspecified atom stereocenters. The molecule has 60 valence electrons. The second-order valence-electron chi connectivity index (χ2n) is 4.03. The number of hydrogen-bond acceptors (Lipinski definition) is 3. The van der Waals surface area contributed by atoms with E-state index in [9.17, 15) is 0 Å². The van der Waals surface area contributed by atoms with Crippen LogP contribution in [-0.4, -0.2) is 18.2 Å². The summed E-state index contributed by atoms with van der Waals surface area (Å²) in [5.74, 6) is 0.957. The Morgan fingerprint density at radius 2 is 2.09 bits per heavy atom. The van der Waals surface area contributed by atoms with Gasteiger partial charge in [0.1, 0.15) is 0 Å². The third-order valence-electron chi connectivity index (χ3n) is 3.05. The van der Waals surface area contributed by atoms with Crippen LogP contribution in [0.2, 0.25) is 0 Å². The summed E-state index contributed by atoms with van der Waals surface area (Å²) in [6.45, 7) is 1.12. The summed E-state index contributed by atoms with van der Waals surface area (Å²) in [5, 5.41) is 11.8. The lowest BCUT2D eigenvalue weighted by Gasteiger charge is -2.27. The summed E-state index contributed by atoms with van der Waals surface area (Å²) in [6, 6.07) is 0.735. The number of piperidine rings is 1. The summed E-state index contributed by atoms with van der Waals surface area (Å²) in [6.07, 6.45) is 5.16. The van der Waals surface area contributed by atoms with Crippen LogP contribution < -0.4 is 5.32 Å². The molecule has 3 aliphatic rings. The van der Waals surface area contributed by atoms with Gasteiger partial charge in [-0.1, -0.05) is 0 Å². The van der Waals surface area contributed by atoms with E-state index in [0.717, 1.165) is 24.9 Å². The summed E-state index contributed by atoms with van der Waals surface area (Å²) in [4.78, 5) is 0. The van der Waals surface area contributed by atoms with E-state index >= 15 is 0 Å². The van der Waals surface area contributed by atoms with Crippen LogP contribution in [-0.2, 0) is 0 Å². The van der Waals surface area contributed by atoms with Crippen molar-refractivity contribution >= 4 is 0 Å². The molecular weight excluding hydrogens is 138 g/mol. The highest BCUT2D eigenvalue weighted by atomic mass is 15.4. The van der Waals surface area contributed by atoms with Gasteiger partial charge >= 0.3 is 0 Å². The Labute approximate surface area is 66.3 Å². The van der Waals surface area contributed by atoms with Crippen LogP contribution in [0, 0.1) is 5.92 Å². The molecule has 1 saturated heterocycles. The molecule has 3 rings (SSSR count). The molecule has 3 heteroatoms. The van der Waals surface area contributed by atoms with Crippen LogP contribution in [0.15, 0.2) is 10.2 Å². The molecule has 11 heavy (non-hydrogen) atoms. The minimum absolute atomic E-state index is 0.110. The van der Waals surface area contributed by atoms with Crippen LogP contribution >= 0.6 is 0 Å². The zero-order valence-corrected chi connectivity index (χ0v) is 6.58. The summed E-state index contributed by atoms with van der Waals surface area (Å²) < 4.78 is 0. The molecule has 0 radical (unpaired) electrons. The second-order valence-corrected chi connectivity index (χ2v) is 4.03. The number of hydrogen-bond donors (Lipinski definition) is 1. The lowest BCUT2D eigenvalue weighted by molar-refractivity contribution is 0.305. The van der Waals surface area contributed by atoms with E-state index in [1.807, 2.05) is 0 Å². The van der Waals surface area contributed by atoms with Crippen molar-refractivity contribution in [3.63, 3.8) is 0 Å². The highest BCUT2D eigenvalue weighted by molar-refractivity contribution is 5.03. The number of nitrogens with one attached hydrogen (secondary N) is 1. The molecule has 0 amide bonds. The SMILES string of the molecule is C1CC2(CC(C3CC3)N1)N=N2. The Kier molecular flexibility index (Phi) is 1.02. The fraction of sp³-hybridized carbons (Fsp3) is 1.00. The van der Waals surface area contributed by atoms with Gasteiger partial charge in [0.15, 0.2) is 5.66 Å². The molecule has 2 heterocycles. The predicted molar refractivity (Wildman–Crippen MR) is 41.3 cm³/mol. The average molecular weight is 151 g/mol. The second kappa shape index (κ2) is 1.83. The van der Waals surface area contributed by atoms with Gasteiger partial charge in [-0.25, -0.2) is 0 Å². The van der Waals surface area contributed by atoms with Gasteiger partial charge in [-0.2, -0.15) is 10.2 Å². The largest absolute Gasteiger partial charge is 0.313 e. The van der Waals surface area contributed by atoms with Crippen molar-refractivity contribution in [3.8, 4) is 0 Å². The first-order valence-electron chi connectivity index (χ1n) is 4.55. The Hall–Kier alpha value is -0.440. The Balaban J connectivity index is 1.67. The molecule has 2 fully saturated rings. The van der Waals surface area contributed by atoms with E-state index in [2.05, 4.69) is 15.5 Å². The highest BCUT2D eigenvalue weighted by Gasteiger charge is 2.47. The number of nitrogens with zero attached hydrogens (tertiary/aromatic N) is 2. The van der Waals surface area contributed by atoms with Crippen molar-refractivity contribution in [1.29, 1.82) is 0 Å². The molecule has 0 bridgehead atoms. The fourth-order valence-corrected chi connectivity index (χ4v) is 2.07. The van der Waals surface area contributed by atoms with Gasteiger partial charge < -0.3 is 5.32 Å². The van der Waals surface area contributed by atoms with Crippen LogP contribution in [0.4, 0.5) is 0 Å². The molecular formula is C8H13N3. The van der Waals surface area contributed by atoms with E-state index in [-0.39, 0.29) is 5.66 Å². The van der Waals surface area contributed by atoms with E-state index in [0.29, 0.717) is 0 Å². The smallest absolute Gasteiger partial charge is 0.193 e. The Morgan fingerprint density at radius 1 is 1.27 bits per heavy atom. The van der Waals surface area contributed by atoms with E-state index in [4.69, 9.17) is 0 Å². The summed E-state index contributed by atoms with van der Waals surface area (Å²) in [5.41, 5.74) is 0.110. The van der Waals surface area contributed by atoms with Gasteiger partial charge in [-0.05, 0) is 25.3 Å². The normalized spacial score (nSPS) is 39.5. The molecule has 1 spiro atoms. The topological polar surface area (TPSA) is 36.8 Å². The highest BCUT2D eigenvalue weighted by Crippen LogP contribution is 2.44. The van der Waals surface area contributed by atoms with Gasteiger partial charge in [-0.15, -0.1) is 0 Å². The van der Waals surface area contributed by atoms with Crippen LogP contribution in [0.3, 0.4) is 0 Å². The van der Waals surface area contributed by atoms with Crippen LogP contribution in [0.5, 0.6) is 0 Å². The maximum atomic E-state index is 4.14. The van der Waals surface area contributed by atoms with Gasteiger partial charge in [0.2, 0.25) is 0 Å². The lowest BCUT2D eigenvalue weighted by atomic mass is 9.93. The lowest BCUT2D eigenvalue weighted by Crippen LogP contribution is -2.43. The summed E-state index contributed by atoms with van der Waals surface area (Å²) >= 11 is 0. The monoisotopic (exact) mass is 151 g/mol. The minimum atomic E-state index is 0.110. The molecule has 3 nitrogen and oxygen atoms in total. The van der Waals surface area contributed by atoms with Gasteiger partial charge in [-0.3, -0.25) is 0 Å². The zero-order chi connectivity index (χ0) is 7.31. The third-order valence-corrected chi connectivity index (χ3v) is 3.05. The van der Waals surface area contributed by atoms with Crippen molar-refractivity contribution < 1.29 is 0 Å². The molecule has 1 N–H and O–H groups in total. The predicted octanol–water partition coefficient (Wildman–Crippen LogP) is 1.31. The van der Waals surface area contributed by atoms with Crippen LogP contribution in [0.1, 0.15) is 25.7 Å². The van der Waals surface area contributed by atoms with Gasteiger partial charge in [0, 0.05) is 18.9 Å². The Morgan fingerprint density at radius 3 is 2.73 bits per heavy atom. The molecule has 1 aliphatic carbocycles. The van der Waals surface area contributed by atoms with E-state index in [1.54, 1.807) is 0 Å². The molecule has 1 saturated carbocycles. The molecule has 0 aromatic rings. The fourth-order valence-electron chi connectivity index (χ4n) is 2.07. The first kappa shape index (κ1) is 6.12. The van der Waals surface area contributed by atoms with E-state index in [1.165, 1.54) is 19.3 Å². The maximum absolute atomic E-state index is 4.14.